The highest BCUT2D eigenvalue weighted by molar-refractivity contribution is 6.42. The minimum absolute atomic E-state index is 0.0688. The van der Waals surface area contributed by atoms with Crippen LogP contribution in [-0.2, 0) is 16.0 Å². The van der Waals surface area contributed by atoms with Crippen LogP contribution in [0, 0.1) is 0 Å². The molecule has 2 amide bonds. The Balaban J connectivity index is 1.71. The number of rotatable bonds is 5. The Hall–Kier alpha value is -2.37. The fourth-order valence-corrected chi connectivity index (χ4v) is 1.53. The molecule has 0 saturated carbocycles. The molecule has 1 heterocycles. The van der Waals surface area contributed by atoms with Crippen LogP contribution >= 0.6 is 0 Å². The van der Waals surface area contributed by atoms with E-state index in [4.69, 9.17) is 0 Å². The highest BCUT2D eigenvalue weighted by atomic mass is 16.2. The van der Waals surface area contributed by atoms with Gasteiger partial charge in [-0.25, -0.2) is 0 Å². The second-order valence-corrected chi connectivity index (χ2v) is 3.80. The zero-order valence-electron chi connectivity index (χ0n) is 9.67. The quantitative estimate of drug-likeness (QED) is 0.840. The molecule has 6 heteroatoms. The van der Waals surface area contributed by atoms with Crippen LogP contribution in [0.5, 0.6) is 0 Å². The van der Waals surface area contributed by atoms with Gasteiger partial charge >= 0.3 is 5.91 Å². The normalized spacial score (nSPS) is 13.6. The monoisotopic (exact) mass is 244 g/mol. The lowest BCUT2D eigenvalue weighted by Crippen LogP contribution is -2.29. The van der Waals surface area contributed by atoms with E-state index in [1.54, 1.807) is 0 Å². The van der Waals surface area contributed by atoms with Crippen LogP contribution in [0.2, 0.25) is 0 Å². The third-order valence-corrected chi connectivity index (χ3v) is 2.45. The highest BCUT2D eigenvalue weighted by Crippen LogP contribution is 2.01. The third-order valence-electron chi connectivity index (χ3n) is 2.45. The van der Waals surface area contributed by atoms with E-state index in [-0.39, 0.29) is 18.0 Å². The highest BCUT2D eigenvalue weighted by Gasteiger charge is 2.18. The molecule has 1 N–H and O–H groups in total. The van der Waals surface area contributed by atoms with Crippen LogP contribution < -0.4 is 5.32 Å². The molecule has 1 aromatic rings. The van der Waals surface area contributed by atoms with E-state index >= 15 is 0 Å². The molecular formula is C12H12N4O2. The summed E-state index contributed by atoms with van der Waals surface area (Å²) in [5, 5.41) is 12.6. The summed E-state index contributed by atoms with van der Waals surface area (Å²) in [5.74, 6) is -0.779. The Labute approximate surface area is 104 Å². The third kappa shape index (κ3) is 3.31. The molecular weight excluding hydrogens is 232 g/mol. The predicted octanol–water partition coefficient (Wildman–Crippen LogP) is 1.08. The molecule has 0 bridgehead atoms. The average Bonchev–Trinajstić information content (AvgIpc) is 2.76. The van der Waals surface area contributed by atoms with Crippen molar-refractivity contribution in [2.24, 2.45) is 15.4 Å². The minimum Gasteiger partial charge on any atom is -0.355 e. The molecule has 0 spiro atoms. The summed E-state index contributed by atoms with van der Waals surface area (Å²) in [4.78, 5) is 22.5. The van der Waals surface area contributed by atoms with Crippen LogP contribution in [-0.4, -0.2) is 24.1 Å². The summed E-state index contributed by atoms with van der Waals surface area (Å²) in [6.07, 6.45) is 0.683. The van der Waals surface area contributed by atoms with E-state index in [1.807, 2.05) is 30.3 Å². The maximum atomic E-state index is 11.5. The summed E-state index contributed by atoms with van der Waals surface area (Å²) in [7, 11) is 0. The van der Waals surface area contributed by atoms with Crippen LogP contribution in [0.4, 0.5) is 0 Å². The standard InChI is InChI=1S/C12H12N4O2/c17-11(8-10-12(18)15-16-14-10)13-7-6-9-4-2-1-3-5-9/h1-5H,6-8H2,(H,13,17). The van der Waals surface area contributed by atoms with Gasteiger partial charge in [0.2, 0.25) is 5.91 Å². The van der Waals surface area contributed by atoms with Crippen molar-refractivity contribution in [1.82, 2.24) is 5.32 Å². The molecule has 1 aliphatic rings. The number of hydrogen-bond donors (Lipinski definition) is 1. The number of hydrogen-bond acceptors (Lipinski definition) is 4. The Kier molecular flexibility index (Phi) is 3.90. The number of benzene rings is 1. The summed E-state index contributed by atoms with van der Waals surface area (Å²) < 4.78 is 0. The van der Waals surface area contributed by atoms with Crippen LogP contribution in [0.3, 0.4) is 0 Å². The second kappa shape index (κ2) is 5.81. The molecule has 1 aromatic carbocycles. The second-order valence-electron chi connectivity index (χ2n) is 3.80. The number of amides is 2. The van der Waals surface area contributed by atoms with E-state index in [0.717, 1.165) is 12.0 Å². The van der Waals surface area contributed by atoms with Crippen molar-refractivity contribution in [2.75, 3.05) is 6.54 Å². The fourth-order valence-electron chi connectivity index (χ4n) is 1.53. The van der Waals surface area contributed by atoms with Crippen molar-refractivity contribution < 1.29 is 9.59 Å². The van der Waals surface area contributed by atoms with Gasteiger partial charge in [-0.1, -0.05) is 35.4 Å². The van der Waals surface area contributed by atoms with Gasteiger partial charge < -0.3 is 5.32 Å². The molecule has 0 atom stereocenters. The van der Waals surface area contributed by atoms with Crippen molar-refractivity contribution in [3.63, 3.8) is 0 Å². The van der Waals surface area contributed by atoms with Crippen LogP contribution in [0.1, 0.15) is 12.0 Å². The van der Waals surface area contributed by atoms with Crippen LogP contribution in [0.15, 0.2) is 45.8 Å². The van der Waals surface area contributed by atoms with Gasteiger partial charge in [0.1, 0.15) is 5.71 Å². The number of carbonyl (C=O) groups excluding carboxylic acids is 2. The molecule has 2 rings (SSSR count). The zero-order chi connectivity index (χ0) is 12.8. The van der Waals surface area contributed by atoms with E-state index in [9.17, 15) is 9.59 Å². The summed E-state index contributed by atoms with van der Waals surface area (Å²) in [6, 6.07) is 9.83. The van der Waals surface area contributed by atoms with E-state index in [2.05, 4.69) is 20.8 Å². The number of nitrogens with one attached hydrogen (secondary N) is 1. The molecule has 18 heavy (non-hydrogen) atoms. The summed E-state index contributed by atoms with van der Waals surface area (Å²) in [5.41, 5.74) is 1.24. The summed E-state index contributed by atoms with van der Waals surface area (Å²) >= 11 is 0. The Morgan fingerprint density at radius 2 is 2.00 bits per heavy atom. The number of nitrogens with zero attached hydrogens (tertiary/aromatic N) is 3. The molecule has 1 aliphatic heterocycles. The molecule has 0 fully saturated rings. The first kappa shape index (κ1) is 12.1. The largest absolute Gasteiger partial charge is 0.355 e. The molecule has 0 radical (unpaired) electrons. The lowest BCUT2D eigenvalue weighted by atomic mass is 10.1. The first-order valence-electron chi connectivity index (χ1n) is 5.58. The molecule has 6 nitrogen and oxygen atoms in total. The topological polar surface area (TPSA) is 83.2 Å². The van der Waals surface area contributed by atoms with Gasteiger partial charge in [-0.15, -0.1) is 5.10 Å². The van der Waals surface area contributed by atoms with E-state index in [0.29, 0.717) is 6.54 Å². The average molecular weight is 244 g/mol. The van der Waals surface area contributed by atoms with Gasteiger partial charge in [0.15, 0.2) is 0 Å². The Morgan fingerprint density at radius 3 is 2.67 bits per heavy atom. The fraction of sp³-hybridized carbons (Fsp3) is 0.250. The Bertz CT molecular complexity index is 508. The Morgan fingerprint density at radius 1 is 1.22 bits per heavy atom. The molecule has 92 valence electrons. The van der Waals surface area contributed by atoms with Gasteiger partial charge in [-0.05, 0) is 17.2 Å². The van der Waals surface area contributed by atoms with Crippen molar-refractivity contribution in [3.05, 3.63) is 35.9 Å². The number of carbonyl (C=O) groups is 2. The molecule has 0 saturated heterocycles. The van der Waals surface area contributed by atoms with E-state index in [1.165, 1.54) is 0 Å². The first-order valence-corrected chi connectivity index (χ1v) is 5.58. The van der Waals surface area contributed by atoms with Crippen LogP contribution in [0.25, 0.3) is 0 Å². The lowest BCUT2D eigenvalue weighted by molar-refractivity contribution is -0.120. The van der Waals surface area contributed by atoms with Gasteiger partial charge in [0, 0.05) is 6.54 Å². The summed E-state index contributed by atoms with van der Waals surface area (Å²) in [6.45, 7) is 0.526. The maximum absolute atomic E-state index is 11.5. The molecule has 0 aliphatic carbocycles. The zero-order valence-corrected chi connectivity index (χ0v) is 9.67. The van der Waals surface area contributed by atoms with E-state index < -0.39 is 5.91 Å². The van der Waals surface area contributed by atoms with Gasteiger partial charge in [0.05, 0.1) is 6.42 Å². The lowest BCUT2D eigenvalue weighted by Gasteiger charge is -2.04. The smallest absolute Gasteiger partial charge is 0.313 e. The van der Waals surface area contributed by atoms with Crippen molar-refractivity contribution >= 4 is 17.5 Å². The van der Waals surface area contributed by atoms with Crippen molar-refractivity contribution in [1.29, 1.82) is 0 Å². The van der Waals surface area contributed by atoms with Crippen molar-refractivity contribution in [2.45, 2.75) is 12.8 Å². The van der Waals surface area contributed by atoms with Gasteiger partial charge in [-0.2, -0.15) is 0 Å². The minimum atomic E-state index is -0.534. The van der Waals surface area contributed by atoms with Gasteiger partial charge in [-0.3, -0.25) is 9.59 Å². The first-order chi connectivity index (χ1) is 8.75. The van der Waals surface area contributed by atoms with Gasteiger partial charge in [0.25, 0.3) is 0 Å². The van der Waals surface area contributed by atoms with Crippen molar-refractivity contribution in [3.8, 4) is 0 Å². The molecule has 0 unspecified atom stereocenters. The SMILES string of the molecule is O=C(CC1=NN=NC1=O)NCCc1ccccc1. The molecule has 0 aromatic heterocycles. The predicted molar refractivity (Wildman–Crippen MR) is 65.1 cm³/mol. The maximum Gasteiger partial charge on any atom is 0.313 e.